The normalized spacial score (nSPS) is 9.95. The Morgan fingerprint density at radius 3 is 2.60 bits per heavy atom. The zero-order chi connectivity index (χ0) is 14.9. The second-order valence-electron chi connectivity index (χ2n) is 3.76. The van der Waals surface area contributed by atoms with Crippen LogP contribution in [0.2, 0.25) is 0 Å². The molecule has 1 heterocycles. The molecule has 0 aliphatic rings. The maximum atomic E-state index is 10.6. The fourth-order valence-electron chi connectivity index (χ4n) is 1.64. The topological polar surface area (TPSA) is 165 Å². The van der Waals surface area contributed by atoms with Crippen molar-refractivity contribution in [2.45, 2.75) is 0 Å². The van der Waals surface area contributed by atoms with Crippen LogP contribution in [-0.4, -0.2) is 20.0 Å². The van der Waals surface area contributed by atoms with Gasteiger partial charge in [0.1, 0.15) is 17.5 Å². The van der Waals surface area contributed by atoms with Crippen LogP contribution in [0.25, 0.3) is 11.3 Å². The van der Waals surface area contributed by atoms with Crippen molar-refractivity contribution in [1.29, 1.82) is 5.26 Å². The fourth-order valence-corrected chi connectivity index (χ4v) is 1.64. The lowest BCUT2D eigenvalue weighted by atomic mass is 10.1. The van der Waals surface area contributed by atoms with Crippen LogP contribution in [0.5, 0.6) is 5.75 Å². The standard InChI is InChI=1S/C11H8N6O3/c12-4-6-9(15-11(14)16-10(6)13)5-1-2-7(17(19)20)8(18)3-5/h1-3,18H,(H4,13,14,15,16). The lowest BCUT2D eigenvalue weighted by molar-refractivity contribution is -0.385. The van der Waals surface area contributed by atoms with Crippen molar-refractivity contribution in [3.05, 3.63) is 33.9 Å². The molecule has 5 N–H and O–H groups in total. The summed E-state index contributed by atoms with van der Waals surface area (Å²) < 4.78 is 0. The molecule has 0 aliphatic carbocycles. The van der Waals surface area contributed by atoms with Gasteiger partial charge in [-0.05, 0) is 12.1 Å². The first-order valence-electron chi connectivity index (χ1n) is 5.25. The van der Waals surface area contributed by atoms with Gasteiger partial charge in [-0.2, -0.15) is 10.2 Å². The molecular weight excluding hydrogens is 264 g/mol. The van der Waals surface area contributed by atoms with E-state index < -0.39 is 16.4 Å². The second-order valence-corrected chi connectivity index (χ2v) is 3.76. The predicted molar refractivity (Wildman–Crippen MR) is 69.3 cm³/mol. The van der Waals surface area contributed by atoms with Gasteiger partial charge in [-0.25, -0.2) is 4.98 Å². The number of nitro benzene ring substituents is 1. The van der Waals surface area contributed by atoms with Gasteiger partial charge in [0.15, 0.2) is 5.75 Å². The third kappa shape index (κ3) is 2.13. The predicted octanol–water partition coefficient (Wildman–Crippen LogP) is 0.793. The zero-order valence-electron chi connectivity index (χ0n) is 9.94. The number of nitriles is 1. The van der Waals surface area contributed by atoms with E-state index in [1.807, 2.05) is 6.07 Å². The summed E-state index contributed by atoms with van der Waals surface area (Å²) in [7, 11) is 0. The molecule has 1 aromatic heterocycles. The van der Waals surface area contributed by atoms with Crippen molar-refractivity contribution in [3.8, 4) is 23.1 Å². The molecule has 0 spiro atoms. The molecule has 0 saturated carbocycles. The van der Waals surface area contributed by atoms with Gasteiger partial charge in [-0.3, -0.25) is 10.1 Å². The molecule has 1 aromatic carbocycles. The van der Waals surface area contributed by atoms with Crippen LogP contribution in [0.1, 0.15) is 5.56 Å². The average molecular weight is 272 g/mol. The molecule has 0 aliphatic heterocycles. The third-order valence-electron chi connectivity index (χ3n) is 2.51. The average Bonchev–Trinajstić information content (AvgIpc) is 2.37. The molecule has 2 aromatic rings. The quantitative estimate of drug-likeness (QED) is 0.533. The maximum absolute atomic E-state index is 10.6. The molecule has 0 saturated heterocycles. The number of aromatic hydroxyl groups is 1. The van der Waals surface area contributed by atoms with Crippen LogP contribution >= 0.6 is 0 Å². The lowest BCUT2D eigenvalue weighted by Gasteiger charge is -2.07. The Morgan fingerprint density at radius 2 is 2.05 bits per heavy atom. The molecule has 0 unspecified atom stereocenters. The van der Waals surface area contributed by atoms with Gasteiger partial charge in [0.2, 0.25) is 5.95 Å². The summed E-state index contributed by atoms with van der Waals surface area (Å²) in [5.41, 5.74) is 10.9. The summed E-state index contributed by atoms with van der Waals surface area (Å²) in [6.45, 7) is 0. The van der Waals surface area contributed by atoms with Crippen LogP contribution < -0.4 is 11.5 Å². The van der Waals surface area contributed by atoms with Crippen LogP contribution in [0.4, 0.5) is 17.5 Å². The van der Waals surface area contributed by atoms with Crippen molar-refractivity contribution < 1.29 is 10.0 Å². The number of anilines is 2. The van der Waals surface area contributed by atoms with Crippen molar-refractivity contribution in [3.63, 3.8) is 0 Å². The minimum atomic E-state index is -0.729. The van der Waals surface area contributed by atoms with Crippen molar-refractivity contribution >= 4 is 17.5 Å². The fraction of sp³-hybridized carbons (Fsp3) is 0. The van der Waals surface area contributed by atoms with E-state index in [1.165, 1.54) is 6.07 Å². The first kappa shape index (κ1) is 13.0. The number of nitrogen functional groups attached to an aromatic ring is 2. The molecule has 9 nitrogen and oxygen atoms in total. The van der Waals surface area contributed by atoms with Crippen molar-refractivity contribution in [2.75, 3.05) is 11.5 Å². The number of nitrogens with two attached hydrogens (primary N) is 2. The van der Waals surface area contributed by atoms with Crippen LogP contribution in [0.3, 0.4) is 0 Å². The van der Waals surface area contributed by atoms with Gasteiger partial charge in [0, 0.05) is 11.6 Å². The highest BCUT2D eigenvalue weighted by Crippen LogP contribution is 2.32. The van der Waals surface area contributed by atoms with Gasteiger partial charge < -0.3 is 16.6 Å². The molecule has 100 valence electrons. The van der Waals surface area contributed by atoms with Crippen LogP contribution in [0.15, 0.2) is 18.2 Å². The molecule has 0 radical (unpaired) electrons. The number of aromatic nitrogens is 2. The van der Waals surface area contributed by atoms with Gasteiger partial charge in [0.25, 0.3) is 0 Å². The van der Waals surface area contributed by atoms with E-state index in [9.17, 15) is 15.2 Å². The van der Waals surface area contributed by atoms with E-state index in [4.69, 9.17) is 16.7 Å². The highest BCUT2D eigenvalue weighted by molar-refractivity contribution is 5.75. The Hall–Kier alpha value is -3.41. The van der Waals surface area contributed by atoms with E-state index in [1.54, 1.807) is 0 Å². The lowest BCUT2D eigenvalue weighted by Crippen LogP contribution is -2.05. The van der Waals surface area contributed by atoms with E-state index in [2.05, 4.69) is 9.97 Å². The molecule has 0 amide bonds. The molecule has 0 bridgehead atoms. The van der Waals surface area contributed by atoms with E-state index in [0.29, 0.717) is 0 Å². The Labute approximate surface area is 112 Å². The van der Waals surface area contributed by atoms with Crippen molar-refractivity contribution in [2.24, 2.45) is 0 Å². The summed E-state index contributed by atoms with van der Waals surface area (Å²) >= 11 is 0. The Bertz CT molecular complexity index is 753. The van der Waals surface area contributed by atoms with Crippen LogP contribution in [0, 0.1) is 21.4 Å². The van der Waals surface area contributed by atoms with Gasteiger partial charge in [-0.15, -0.1) is 0 Å². The zero-order valence-corrected chi connectivity index (χ0v) is 9.94. The summed E-state index contributed by atoms with van der Waals surface area (Å²) in [5.74, 6) is -0.797. The minimum Gasteiger partial charge on any atom is -0.502 e. The number of hydrogen-bond acceptors (Lipinski definition) is 8. The van der Waals surface area contributed by atoms with Gasteiger partial charge in [0.05, 0.1) is 10.6 Å². The Balaban J connectivity index is 2.67. The monoisotopic (exact) mass is 272 g/mol. The van der Waals surface area contributed by atoms with E-state index >= 15 is 0 Å². The highest BCUT2D eigenvalue weighted by Gasteiger charge is 2.18. The van der Waals surface area contributed by atoms with E-state index in [0.717, 1.165) is 12.1 Å². The summed E-state index contributed by atoms with van der Waals surface area (Å²) in [5, 5.41) is 29.3. The number of phenolic OH excluding ortho intramolecular Hbond substituents is 1. The number of benzene rings is 1. The maximum Gasteiger partial charge on any atom is 0.310 e. The smallest absolute Gasteiger partial charge is 0.310 e. The van der Waals surface area contributed by atoms with E-state index in [-0.39, 0.29) is 28.6 Å². The van der Waals surface area contributed by atoms with Gasteiger partial charge in [-0.1, -0.05) is 0 Å². The molecule has 9 heteroatoms. The molecular formula is C11H8N6O3. The Kier molecular flexibility index (Phi) is 3.06. The number of phenols is 1. The first-order chi connectivity index (χ1) is 9.43. The van der Waals surface area contributed by atoms with Crippen LogP contribution in [-0.2, 0) is 0 Å². The number of nitrogens with zero attached hydrogens (tertiary/aromatic N) is 4. The number of nitro groups is 1. The summed E-state index contributed by atoms with van der Waals surface area (Å²) in [6, 6.07) is 5.37. The second kappa shape index (κ2) is 4.69. The largest absolute Gasteiger partial charge is 0.502 e. The van der Waals surface area contributed by atoms with Gasteiger partial charge >= 0.3 is 5.69 Å². The Morgan fingerprint density at radius 1 is 1.35 bits per heavy atom. The third-order valence-corrected chi connectivity index (χ3v) is 2.51. The minimum absolute atomic E-state index is 0.0209. The molecule has 0 atom stereocenters. The SMILES string of the molecule is N#Cc1c(N)nc(N)nc1-c1ccc([N+](=O)[O-])c(O)c1. The molecule has 0 fully saturated rings. The first-order valence-corrected chi connectivity index (χ1v) is 5.25. The summed E-state index contributed by atoms with van der Waals surface area (Å²) in [6.07, 6.45) is 0. The molecule has 2 rings (SSSR count). The molecule has 20 heavy (non-hydrogen) atoms. The summed E-state index contributed by atoms with van der Waals surface area (Å²) in [4.78, 5) is 17.4. The van der Waals surface area contributed by atoms with Crippen molar-refractivity contribution in [1.82, 2.24) is 9.97 Å². The highest BCUT2D eigenvalue weighted by atomic mass is 16.6. The number of rotatable bonds is 2. The number of hydrogen-bond donors (Lipinski definition) is 3.